The van der Waals surface area contributed by atoms with Gasteiger partial charge in [0.05, 0.1) is 18.4 Å². The average Bonchev–Trinajstić information content (AvgIpc) is 2.89. The molecule has 2 N–H and O–H groups in total. The lowest BCUT2D eigenvalue weighted by Crippen LogP contribution is -2.26. The maximum Gasteiger partial charge on any atom is 0.351 e. The first-order valence-corrected chi connectivity index (χ1v) is 5.61. The molecular formula is C12H13N3O4. The molecule has 0 atom stereocenters. The molecule has 2 heterocycles. The highest BCUT2D eigenvalue weighted by Gasteiger charge is 2.12. The second-order valence-corrected chi connectivity index (χ2v) is 3.89. The minimum atomic E-state index is -0.630. The van der Waals surface area contributed by atoms with Crippen molar-refractivity contribution in [2.75, 3.05) is 5.32 Å². The van der Waals surface area contributed by atoms with E-state index in [1.54, 1.807) is 12.1 Å². The Hall–Kier alpha value is -2.41. The molecule has 0 saturated heterocycles. The van der Waals surface area contributed by atoms with Crippen LogP contribution in [0.25, 0.3) is 0 Å². The largest absolute Gasteiger partial charge is 0.467 e. The highest BCUT2D eigenvalue weighted by molar-refractivity contribution is 5.98. The van der Waals surface area contributed by atoms with Gasteiger partial charge in [-0.3, -0.25) is 9.36 Å². The fraction of sp³-hybridized carbons (Fsp3) is 0.250. The molecule has 2 rings (SSSR count). The molecule has 0 aliphatic carbocycles. The zero-order valence-corrected chi connectivity index (χ0v) is 10.3. The van der Waals surface area contributed by atoms with E-state index in [0.29, 0.717) is 12.3 Å². The molecular weight excluding hydrogens is 250 g/mol. The summed E-state index contributed by atoms with van der Waals surface area (Å²) in [6.07, 6.45) is 2.81. The van der Waals surface area contributed by atoms with Crippen LogP contribution in [0.4, 0.5) is 5.82 Å². The molecule has 0 aliphatic rings. The number of aromatic nitrogens is 2. The van der Waals surface area contributed by atoms with Crippen molar-refractivity contribution in [3.63, 3.8) is 0 Å². The molecule has 0 aromatic carbocycles. The van der Waals surface area contributed by atoms with Crippen molar-refractivity contribution in [1.29, 1.82) is 0 Å². The smallest absolute Gasteiger partial charge is 0.351 e. The maximum atomic E-state index is 11.5. The van der Waals surface area contributed by atoms with E-state index in [1.807, 2.05) is 0 Å². The van der Waals surface area contributed by atoms with Crippen LogP contribution in [0.2, 0.25) is 0 Å². The van der Waals surface area contributed by atoms with Crippen LogP contribution < -0.4 is 11.0 Å². The lowest BCUT2D eigenvalue weighted by molar-refractivity contribution is 0.101. The lowest BCUT2D eigenvalue weighted by Gasteiger charge is -2.09. The molecule has 0 unspecified atom stereocenters. The van der Waals surface area contributed by atoms with Crippen LogP contribution in [-0.2, 0) is 13.3 Å². The summed E-state index contributed by atoms with van der Waals surface area (Å²) in [5.74, 6) is 0.581. The first-order valence-electron chi connectivity index (χ1n) is 5.61. The predicted octanol–water partition coefficient (Wildman–Crippen LogP) is 0.601. The maximum absolute atomic E-state index is 11.5. The van der Waals surface area contributed by atoms with Gasteiger partial charge in [-0.05, 0) is 19.1 Å². The monoisotopic (exact) mass is 263 g/mol. The van der Waals surface area contributed by atoms with Gasteiger partial charge in [0.25, 0.3) is 0 Å². The molecule has 7 heteroatoms. The van der Waals surface area contributed by atoms with E-state index >= 15 is 0 Å². The number of nitrogens with one attached hydrogen (secondary N) is 1. The highest BCUT2D eigenvalue weighted by atomic mass is 16.3. The van der Waals surface area contributed by atoms with Gasteiger partial charge < -0.3 is 14.8 Å². The van der Waals surface area contributed by atoms with Gasteiger partial charge in [0, 0.05) is 6.20 Å². The molecule has 0 fully saturated rings. The predicted molar refractivity (Wildman–Crippen MR) is 66.8 cm³/mol. The summed E-state index contributed by atoms with van der Waals surface area (Å²) >= 11 is 0. The number of rotatable bonds is 5. The first-order chi connectivity index (χ1) is 9.11. The van der Waals surface area contributed by atoms with Crippen molar-refractivity contribution in [3.8, 4) is 0 Å². The molecule has 0 radical (unpaired) electrons. The Morgan fingerprint density at radius 1 is 1.58 bits per heavy atom. The number of carbonyl (C=O) groups is 1. The van der Waals surface area contributed by atoms with Gasteiger partial charge in [-0.15, -0.1) is 0 Å². The molecule has 0 aliphatic heterocycles. The van der Waals surface area contributed by atoms with Crippen molar-refractivity contribution < 1.29 is 14.3 Å². The Bertz CT molecular complexity index is 631. The Morgan fingerprint density at radius 2 is 2.37 bits per heavy atom. The summed E-state index contributed by atoms with van der Waals surface area (Å²) in [7, 11) is 0. The molecule has 0 spiro atoms. The van der Waals surface area contributed by atoms with Crippen LogP contribution in [0.1, 0.15) is 23.0 Å². The Morgan fingerprint density at radius 3 is 2.95 bits per heavy atom. The number of hydrogen-bond acceptors (Lipinski definition) is 6. The van der Waals surface area contributed by atoms with E-state index in [1.165, 1.54) is 19.4 Å². The van der Waals surface area contributed by atoms with Crippen molar-refractivity contribution in [2.45, 2.75) is 20.2 Å². The topological polar surface area (TPSA) is 97.4 Å². The number of furan rings is 1. The van der Waals surface area contributed by atoms with Crippen molar-refractivity contribution >= 4 is 11.6 Å². The van der Waals surface area contributed by atoms with Gasteiger partial charge in [-0.2, -0.15) is 4.98 Å². The summed E-state index contributed by atoms with van der Waals surface area (Å²) in [6.45, 7) is 1.15. The van der Waals surface area contributed by atoms with Crippen LogP contribution in [0, 0.1) is 0 Å². The van der Waals surface area contributed by atoms with Gasteiger partial charge in [0.2, 0.25) is 0 Å². The molecule has 2 aromatic heterocycles. The van der Waals surface area contributed by atoms with Crippen molar-refractivity contribution in [2.24, 2.45) is 0 Å². The number of hydrogen-bond donors (Lipinski definition) is 2. The Kier molecular flexibility index (Phi) is 3.76. The fourth-order valence-corrected chi connectivity index (χ4v) is 1.57. The van der Waals surface area contributed by atoms with Gasteiger partial charge in [0.1, 0.15) is 18.3 Å². The lowest BCUT2D eigenvalue weighted by atomic mass is 10.2. The molecule has 0 bridgehead atoms. The van der Waals surface area contributed by atoms with Crippen LogP contribution in [0.5, 0.6) is 0 Å². The fourth-order valence-electron chi connectivity index (χ4n) is 1.57. The van der Waals surface area contributed by atoms with Gasteiger partial charge in [-0.25, -0.2) is 4.79 Å². The second kappa shape index (κ2) is 5.49. The summed E-state index contributed by atoms with van der Waals surface area (Å²) < 4.78 is 6.09. The molecule has 0 amide bonds. The van der Waals surface area contributed by atoms with Crippen molar-refractivity contribution in [3.05, 3.63) is 46.4 Å². The van der Waals surface area contributed by atoms with Gasteiger partial charge in [-0.1, -0.05) is 0 Å². The second-order valence-electron chi connectivity index (χ2n) is 3.89. The zero-order valence-electron chi connectivity index (χ0n) is 10.3. The Labute approximate surface area is 108 Å². The van der Waals surface area contributed by atoms with E-state index in [2.05, 4.69) is 10.3 Å². The van der Waals surface area contributed by atoms with E-state index in [-0.39, 0.29) is 17.2 Å². The first kappa shape index (κ1) is 13.0. The summed E-state index contributed by atoms with van der Waals surface area (Å²) in [6, 6.07) is 3.50. The van der Waals surface area contributed by atoms with E-state index in [4.69, 9.17) is 9.52 Å². The standard InChI is InChI=1S/C12H13N3O4/c1-8(17)10-6-15(7-16)12(18)14-11(10)13-5-9-3-2-4-19-9/h2-4,6,16H,5,7H2,1H3,(H,13,14,18). The normalized spacial score (nSPS) is 10.4. The van der Waals surface area contributed by atoms with Crippen LogP contribution >= 0.6 is 0 Å². The number of ketones is 1. The number of carbonyl (C=O) groups excluding carboxylic acids is 1. The molecule has 7 nitrogen and oxygen atoms in total. The van der Waals surface area contributed by atoms with Crippen LogP contribution in [0.3, 0.4) is 0 Å². The summed E-state index contributed by atoms with van der Waals surface area (Å²) in [5.41, 5.74) is -0.394. The number of aliphatic hydroxyl groups excluding tert-OH is 1. The minimum Gasteiger partial charge on any atom is -0.467 e. The number of aliphatic hydroxyl groups is 1. The third-order valence-electron chi connectivity index (χ3n) is 2.54. The Balaban J connectivity index is 2.30. The molecule has 2 aromatic rings. The number of nitrogens with zero attached hydrogens (tertiary/aromatic N) is 2. The summed E-state index contributed by atoms with van der Waals surface area (Å²) in [4.78, 5) is 26.8. The average molecular weight is 263 g/mol. The number of anilines is 1. The van der Waals surface area contributed by atoms with Crippen molar-refractivity contribution in [1.82, 2.24) is 9.55 Å². The van der Waals surface area contributed by atoms with E-state index in [9.17, 15) is 9.59 Å². The quantitative estimate of drug-likeness (QED) is 0.767. The molecule has 19 heavy (non-hydrogen) atoms. The minimum absolute atomic E-state index is 0.179. The van der Waals surface area contributed by atoms with E-state index in [0.717, 1.165) is 4.57 Å². The number of Topliss-reactive ketones (excluding diaryl/α,β-unsaturated/α-hetero) is 1. The third kappa shape index (κ3) is 2.89. The SMILES string of the molecule is CC(=O)c1cn(CO)c(=O)nc1NCc1ccco1. The van der Waals surface area contributed by atoms with Crippen LogP contribution in [-0.4, -0.2) is 20.4 Å². The third-order valence-corrected chi connectivity index (χ3v) is 2.54. The zero-order chi connectivity index (χ0) is 13.8. The summed E-state index contributed by atoms with van der Waals surface area (Å²) in [5, 5.41) is 11.8. The molecule has 100 valence electrons. The highest BCUT2D eigenvalue weighted by Crippen LogP contribution is 2.12. The van der Waals surface area contributed by atoms with Crippen LogP contribution in [0.15, 0.2) is 33.8 Å². The van der Waals surface area contributed by atoms with E-state index < -0.39 is 12.4 Å². The van der Waals surface area contributed by atoms with Gasteiger partial charge >= 0.3 is 5.69 Å². The molecule has 0 saturated carbocycles. The van der Waals surface area contributed by atoms with Gasteiger partial charge in [0.15, 0.2) is 5.78 Å².